The fraction of sp³-hybridized carbons (Fsp3) is 0.956. The third-order valence-electron chi connectivity index (χ3n) is 26.4. The van der Waals surface area contributed by atoms with Crippen molar-refractivity contribution in [2.75, 3.05) is 52.9 Å². The number of aliphatic hydroxyl groups excluding tert-OH is 18. The summed E-state index contributed by atoms with van der Waals surface area (Å²) < 4.78 is 84.8. The van der Waals surface area contributed by atoms with Crippen molar-refractivity contribution in [1.29, 1.82) is 0 Å². The van der Waals surface area contributed by atoms with Crippen molar-refractivity contribution in [3.63, 3.8) is 0 Å². The summed E-state index contributed by atoms with van der Waals surface area (Å²) in [6.45, 7) is 9.00. The fourth-order valence-electron chi connectivity index (χ4n) is 20.0. The number of carbonyl (C=O) groups excluding carboxylic acids is 1. The number of esters is 1. The highest BCUT2D eigenvalue weighted by atomic mass is 16.8. The largest absolute Gasteiger partial charge is 0.432 e. The first-order chi connectivity index (χ1) is 48.3. The zero-order valence-corrected chi connectivity index (χ0v) is 59.0. The van der Waals surface area contributed by atoms with Crippen LogP contribution in [0.15, 0.2) is 11.6 Å². The molecule has 0 spiro atoms. The SMILES string of the molecule is C[C@@H]1O[C@@H](O[C@@H]2[C@@H](O[C@@H]3OC[C@](O)(CO)[C@H]3O)[C@H](O[C@H]3[C@H](O[C@H]4[C@H](OC(=O)[C@]56CCC(C)(C)C[C@H]5C5=CC[C@@H]7[C@@]8(C)C[C@H](O)[C@H](O[C@@H]9O[C@H](CO)[C@@H](O)[C@H](O)[C@H]9O[C@@H]9OC[C@](O)(CO)[C@H]9O)[C@@](C)(CO)[C@@H]8[C@H](O)C[C@@]7(C)[C@]5(C)CC6)OC[C@H](O)[C@H]4O)O[C@@H](C)[C@H](O)[C@H]3O)OC[C@H]2O)[C@H](O)[C@H](O)[C@H]1O. The van der Waals surface area contributed by atoms with Gasteiger partial charge < -0.3 is 168 Å². The van der Waals surface area contributed by atoms with Crippen LogP contribution in [0.5, 0.6) is 0 Å². The van der Waals surface area contributed by atoms with Crippen LogP contribution in [0, 0.1) is 50.2 Å². The summed E-state index contributed by atoms with van der Waals surface area (Å²) in [6.07, 6.45) is -46.9. The van der Waals surface area contributed by atoms with Gasteiger partial charge in [0.1, 0.15) is 115 Å². The molecule has 0 aromatic rings. The second-order valence-corrected chi connectivity index (χ2v) is 33.3. The molecule has 35 nitrogen and oxygen atoms in total. The van der Waals surface area contributed by atoms with Gasteiger partial charge in [0.05, 0.1) is 88.8 Å². The van der Waals surface area contributed by atoms with Crippen LogP contribution in [-0.4, -0.2) is 357 Å². The highest BCUT2D eigenvalue weighted by molar-refractivity contribution is 5.79. The number of fused-ring (bicyclic) bond motifs is 7. The van der Waals surface area contributed by atoms with E-state index in [4.69, 9.17) is 66.3 Å². The van der Waals surface area contributed by atoms with E-state index in [0.29, 0.717) is 32.1 Å². The molecule has 5 aliphatic carbocycles. The molecule has 0 amide bonds. The molecule has 0 unspecified atom stereocenters. The third-order valence-corrected chi connectivity index (χ3v) is 26.4. The lowest BCUT2D eigenvalue weighted by Crippen LogP contribution is -2.72. The summed E-state index contributed by atoms with van der Waals surface area (Å²) in [5, 5.41) is 224. The number of allylic oxidation sites excluding steroid dienone is 2. The Kier molecular flexibility index (Phi) is 23.1. The highest BCUT2D eigenvalue weighted by Crippen LogP contribution is 2.76. The van der Waals surface area contributed by atoms with E-state index >= 15 is 4.79 Å². The normalized spacial score (nSPS) is 55.8. The molecule has 0 bridgehead atoms. The lowest BCUT2D eigenvalue weighted by molar-refractivity contribution is -0.396. The fourth-order valence-corrected chi connectivity index (χ4v) is 20.0. The maximum atomic E-state index is 15.8. The molecular formula is C68H110O35. The average Bonchev–Trinajstić information content (AvgIpc) is 1.06. The monoisotopic (exact) mass is 1490 g/mol. The molecule has 7 saturated heterocycles. The minimum absolute atomic E-state index is 0.00681. The first-order valence-corrected chi connectivity index (χ1v) is 35.9. The van der Waals surface area contributed by atoms with Crippen LogP contribution in [0.2, 0.25) is 0 Å². The number of ether oxygens (including phenoxy) is 14. The molecule has 35 heteroatoms. The van der Waals surface area contributed by atoms with Crippen LogP contribution in [-0.2, 0) is 71.1 Å². The van der Waals surface area contributed by atoms with Gasteiger partial charge in [-0.05, 0) is 98.7 Å². The lowest BCUT2D eigenvalue weighted by atomic mass is 9.33. The lowest BCUT2D eigenvalue weighted by Gasteiger charge is -2.72. The van der Waals surface area contributed by atoms with Gasteiger partial charge in [-0.3, -0.25) is 4.79 Å². The Morgan fingerprint density at radius 1 is 0.485 bits per heavy atom. The Hall–Kier alpha value is -2.11. The summed E-state index contributed by atoms with van der Waals surface area (Å²) in [4.78, 5) is 15.8. The predicted molar refractivity (Wildman–Crippen MR) is 338 cm³/mol. The molecule has 0 aromatic carbocycles. The molecule has 7 aliphatic heterocycles. The Bertz CT molecular complexity index is 2980. The summed E-state index contributed by atoms with van der Waals surface area (Å²) >= 11 is 0. The molecule has 20 N–H and O–H groups in total. The Labute approximate surface area is 594 Å². The maximum Gasteiger partial charge on any atom is 0.315 e. The second-order valence-electron chi connectivity index (χ2n) is 33.3. The van der Waals surface area contributed by atoms with Crippen LogP contribution in [0.1, 0.15) is 107 Å². The first-order valence-electron chi connectivity index (χ1n) is 35.9. The molecule has 40 atom stereocenters. The van der Waals surface area contributed by atoms with Crippen molar-refractivity contribution >= 4 is 5.97 Å². The van der Waals surface area contributed by atoms with Gasteiger partial charge in [-0.1, -0.05) is 53.2 Å². The maximum absolute atomic E-state index is 15.8. The van der Waals surface area contributed by atoms with Gasteiger partial charge in [0.25, 0.3) is 0 Å². The van der Waals surface area contributed by atoms with E-state index in [1.54, 1.807) is 6.92 Å². The highest BCUT2D eigenvalue weighted by Gasteiger charge is 2.74. The molecule has 103 heavy (non-hydrogen) atoms. The van der Waals surface area contributed by atoms with Crippen LogP contribution < -0.4 is 0 Å². The summed E-state index contributed by atoms with van der Waals surface area (Å²) in [6, 6.07) is 0. The zero-order chi connectivity index (χ0) is 75.1. The van der Waals surface area contributed by atoms with Crippen molar-refractivity contribution in [2.24, 2.45) is 50.2 Å². The van der Waals surface area contributed by atoms with E-state index in [1.807, 2.05) is 6.92 Å². The van der Waals surface area contributed by atoms with Crippen molar-refractivity contribution in [1.82, 2.24) is 0 Å². The zero-order valence-electron chi connectivity index (χ0n) is 59.0. The average molecular weight is 1490 g/mol. The van der Waals surface area contributed by atoms with Crippen molar-refractivity contribution in [3.8, 4) is 0 Å². The standard InChI is InChI=1S/C68H110O35/c1-26-36(77)40(81)43(84)53(94-26)97-44-33(76)20-91-55(48(44)101-59-51(86)68(89,23-72)25-93-59)98-46-41(82)37(78)27(2)95-56(46)99-45-38(79)32(75)19-90-54(45)103-60(87)66-13-11-61(3,4)15-29(66)28-9-10-35-62(5)16-31(74)52(63(6,21-70)49(62)30(73)17-65(35,8)64(28,7)12-14-66)102-57-47(42(83)39(80)34(18-69)96-57)100-58-50(85)67(88,22-71)24-92-58/h9,26-27,29-59,69-86,88-89H,10-25H2,1-8H3/t26-,27-,29-,30+,31-,32-,33+,34+,35+,36-,37-,38+,39+,40+,41+,42-,43+,44-,45+,46+,47+,48+,49+,50-,51-,52-,53-,54-,55-,56-,57-,58-,59-,62+,63-,64+,65+,66-,67+,68+/m0/s1. The van der Waals surface area contributed by atoms with E-state index < -0.39 is 293 Å². The van der Waals surface area contributed by atoms with Gasteiger partial charge in [0, 0.05) is 11.3 Å². The Balaban J connectivity index is 0.803. The molecule has 7 heterocycles. The van der Waals surface area contributed by atoms with E-state index in [-0.39, 0.29) is 30.6 Å². The Morgan fingerprint density at radius 2 is 1.01 bits per heavy atom. The minimum atomic E-state index is -2.27. The number of hydrogen-bond donors (Lipinski definition) is 20. The first kappa shape index (κ1) is 80.4. The van der Waals surface area contributed by atoms with Crippen LogP contribution >= 0.6 is 0 Å². The van der Waals surface area contributed by atoms with E-state index in [0.717, 1.165) is 5.57 Å². The van der Waals surface area contributed by atoms with Gasteiger partial charge in [0.2, 0.25) is 6.29 Å². The van der Waals surface area contributed by atoms with Gasteiger partial charge >= 0.3 is 5.97 Å². The van der Waals surface area contributed by atoms with Gasteiger partial charge in [-0.15, -0.1) is 0 Å². The van der Waals surface area contributed by atoms with Gasteiger partial charge in [-0.25, -0.2) is 0 Å². The number of hydrogen-bond acceptors (Lipinski definition) is 35. The molecule has 12 aliphatic rings. The molecule has 4 saturated carbocycles. The van der Waals surface area contributed by atoms with Crippen LogP contribution in [0.4, 0.5) is 0 Å². The Morgan fingerprint density at radius 3 is 1.61 bits per heavy atom. The van der Waals surface area contributed by atoms with Crippen molar-refractivity contribution < 1.29 is 173 Å². The third kappa shape index (κ3) is 13.5. The van der Waals surface area contributed by atoms with Crippen molar-refractivity contribution in [2.45, 2.75) is 302 Å². The number of carbonyl (C=O) groups is 1. The molecule has 592 valence electrons. The number of aliphatic hydroxyl groups is 20. The van der Waals surface area contributed by atoms with Gasteiger partial charge in [0.15, 0.2) is 43.8 Å². The summed E-state index contributed by atoms with van der Waals surface area (Å²) in [5.74, 6) is -2.36. The van der Waals surface area contributed by atoms with E-state index in [9.17, 15) is 102 Å². The minimum Gasteiger partial charge on any atom is -0.432 e. The predicted octanol–water partition coefficient (Wildman–Crippen LogP) is -7.03. The van der Waals surface area contributed by atoms with Crippen LogP contribution in [0.3, 0.4) is 0 Å². The van der Waals surface area contributed by atoms with E-state index in [1.165, 1.54) is 13.8 Å². The number of rotatable bonds is 18. The smallest absolute Gasteiger partial charge is 0.315 e. The summed E-state index contributed by atoms with van der Waals surface area (Å²) in [5.41, 5.74) is -9.08. The van der Waals surface area contributed by atoms with Gasteiger partial charge in [-0.2, -0.15) is 0 Å². The quantitative estimate of drug-likeness (QED) is 0.0344. The van der Waals surface area contributed by atoms with Crippen LogP contribution in [0.25, 0.3) is 0 Å². The topological polar surface area (TPSA) is 551 Å². The van der Waals surface area contributed by atoms with E-state index in [2.05, 4.69) is 33.8 Å². The summed E-state index contributed by atoms with van der Waals surface area (Å²) in [7, 11) is 0. The molecule has 12 rings (SSSR count). The molecule has 0 aromatic heterocycles. The second kappa shape index (κ2) is 29.5. The molecular weight excluding hydrogens is 1380 g/mol. The molecule has 0 radical (unpaired) electrons. The molecule has 11 fully saturated rings. The van der Waals surface area contributed by atoms with Crippen molar-refractivity contribution in [3.05, 3.63) is 11.6 Å².